The van der Waals surface area contributed by atoms with Crippen LogP contribution in [0.4, 0.5) is 0 Å². The van der Waals surface area contributed by atoms with Gasteiger partial charge in [-0.25, -0.2) is 4.79 Å². The van der Waals surface area contributed by atoms with Crippen molar-refractivity contribution in [2.24, 2.45) is 11.8 Å². The predicted octanol–water partition coefficient (Wildman–Crippen LogP) is 4.02. The highest BCUT2D eigenvalue weighted by atomic mass is 79.9. The van der Waals surface area contributed by atoms with E-state index >= 15 is 0 Å². The first-order valence-electron chi connectivity index (χ1n) is 10.1. The summed E-state index contributed by atoms with van der Waals surface area (Å²) in [5.41, 5.74) is 3.04. The van der Waals surface area contributed by atoms with Gasteiger partial charge in [0.15, 0.2) is 5.78 Å². The summed E-state index contributed by atoms with van der Waals surface area (Å²) in [7, 11) is 1.29. The van der Waals surface area contributed by atoms with E-state index in [4.69, 9.17) is 9.47 Å². The third-order valence-corrected chi connectivity index (χ3v) is 6.08. The summed E-state index contributed by atoms with van der Waals surface area (Å²) in [6.45, 7) is 5.90. The van der Waals surface area contributed by atoms with Crippen LogP contribution in [0.15, 0.2) is 51.3 Å². The SMILES string of the molecule is CCCOC(=O)C1=C(C)NC2=C(C(=O)[C@H](C(=O)OC)[C@H](C)C2)[C@H]1c1cccc(Br)c1. The molecular formula is C23H26BrNO5. The number of esters is 2. The maximum absolute atomic E-state index is 13.5. The van der Waals surface area contributed by atoms with Gasteiger partial charge in [-0.1, -0.05) is 41.9 Å². The van der Waals surface area contributed by atoms with Gasteiger partial charge in [-0.15, -0.1) is 0 Å². The normalized spacial score (nSPS) is 23.6. The summed E-state index contributed by atoms with van der Waals surface area (Å²) in [5.74, 6) is -3.03. The molecule has 2 aliphatic rings. The number of ketones is 1. The molecule has 0 radical (unpaired) electrons. The maximum atomic E-state index is 13.5. The van der Waals surface area contributed by atoms with Gasteiger partial charge >= 0.3 is 11.9 Å². The van der Waals surface area contributed by atoms with Crippen molar-refractivity contribution in [3.63, 3.8) is 0 Å². The smallest absolute Gasteiger partial charge is 0.336 e. The second-order valence-electron chi connectivity index (χ2n) is 7.73. The van der Waals surface area contributed by atoms with Crippen LogP contribution in [-0.2, 0) is 23.9 Å². The molecule has 30 heavy (non-hydrogen) atoms. The fourth-order valence-corrected chi connectivity index (χ4v) is 4.66. The third-order valence-electron chi connectivity index (χ3n) is 5.58. The minimum absolute atomic E-state index is 0.208. The van der Waals surface area contributed by atoms with E-state index in [2.05, 4.69) is 21.2 Å². The molecule has 0 saturated carbocycles. The number of carbonyl (C=O) groups is 3. The Morgan fingerprint density at radius 3 is 2.67 bits per heavy atom. The van der Waals surface area contributed by atoms with Crippen molar-refractivity contribution in [1.29, 1.82) is 0 Å². The molecule has 0 aromatic heterocycles. The Kier molecular flexibility index (Phi) is 6.81. The number of methoxy groups -OCH3 is 1. The Labute approximate surface area is 184 Å². The summed E-state index contributed by atoms with van der Waals surface area (Å²) in [5, 5.41) is 3.25. The van der Waals surface area contributed by atoms with Crippen LogP contribution < -0.4 is 5.32 Å². The van der Waals surface area contributed by atoms with Crippen LogP contribution in [-0.4, -0.2) is 31.4 Å². The average Bonchev–Trinajstić information content (AvgIpc) is 2.70. The summed E-state index contributed by atoms with van der Waals surface area (Å²) in [6, 6.07) is 7.51. The number of carbonyl (C=O) groups excluding carboxylic acids is 3. The Bertz CT molecular complexity index is 949. The quantitative estimate of drug-likeness (QED) is 0.511. The number of hydrogen-bond donors (Lipinski definition) is 1. The number of rotatable bonds is 5. The van der Waals surface area contributed by atoms with E-state index < -0.39 is 23.8 Å². The molecule has 1 N–H and O–H groups in total. The van der Waals surface area contributed by atoms with Crippen LogP contribution in [0.2, 0.25) is 0 Å². The van der Waals surface area contributed by atoms with Gasteiger partial charge in [0.1, 0.15) is 5.92 Å². The highest BCUT2D eigenvalue weighted by Crippen LogP contribution is 2.45. The number of halogens is 1. The van der Waals surface area contributed by atoms with Gasteiger partial charge in [0.25, 0.3) is 0 Å². The summed E-state index contributed by atoms with van der Waals surface area (Å²) in [6.07, 6.45) is 1.21. The zero-order valence-corrected chi connectivity index (χ0v) is 19.2. The number of Topliss-reactive ketones (excluding diaryl/α,β-unsaturated/α-hetero) is 1. The molecule has 3 rings (SSSR count). The first-order chi connectivity index (χ1) is 14.3. The van der Waals surface area contributed by atoms with Crippen LogP contribution in [0.1, 0.15) is 45.1 Å². The molecule has 0 unspecified atom stereocenters. The largest absolute Gasteiger partial charge is 0.468 e. The van der Waals surface area contributed by atoms with Crippen molar-refractivity contribution in [2.75, 3.05) is 13.7 Å². The van der Waals surface area contributed by atoms with Gasteiger partial charge in [0.05, 0.1) is 19.3 Å². The number of allylic oxidation sites excluding steroid dienone is 3. The van der Waals surface area contributed by atoms with Crippen LogP contribution in [0, 0.1) is 11.8 Å². The zero-order chi connectivity index (χ0) is 22.0. The minimum atomic E-state index is -0.892. The monoisotopic (exact) mass is 475 g/mol. The van der Waals surface area contributed by atoms with E-state index in [9.17, 15) is 14.4 Å². The molecule has 1 aliphatic heterocycles. The van der Waals surface area contributed by atoms with Crippen molar-refractivity contribution < 1.29 is 23.9 Å². The molecular weight excluding hydrogens is 450 g/mol. The number of nitrogens with one attached hydrogen (secondary N) is 1. The molecule has 1 aliphatic carbocycles. The molecule has 7 heteroatoms. The van der Waals surface area contributed by atoms with E-state index in [-0.39, 0.29) is 11.7 Å². The van der Waals surface area contributed by atoms with Gasteiger partial charge in [0.2, 0.25) is 0 Å². The van der Waals surface area contributed by atoms with E-state index in [1.165, 1.54) is 7.11 Å². The van der Waals surface area contributed by atoms with E-state index in [0.717, 1.165) is 15.7 Å². The summed E-state index contributed by atoms with van der Waals surface area (Å²) < 4.78 is 11.2. The number of ether oxygens (including phenoxy) is 2. The molecule has 6 nitrogen and oxygen atoms in total. The fourth-order valence-electron chi connectivity index (χ4n) is 4.24. The molecule has 1 aromatic rings. The highest BCUT2D eigenvalue weighted by Gasteiger charge is 2.47. The van der Waals surface area contributed by atoms with Gasteiger partial charge in [-0.05, 0) is 43.4 Å². The van der Waals surface area contributed by atoms with Crippen LogP contribution in [0.3, 0.4) is 0 Å². The van der Waals surface area contributed by atoms with E-state index in [1.807, 2.05) is 45.0 Å². The Hall–Kier alpha value is -2.41. The molecule has 160 valence electrons. The molecule has 0 spiro atoms. The van der Waals surface area contributed by atoms with Gasteiger partial charge in [0, 0.05) is 27.4 Å². The second kappa shape index (κ2) is 9.16. The molecule has 0 saturated heterocycles. The molecule has 1 heterocycles. The number of hydrogen-bond acceptors (Lipinski definition) is 6. The standard InChI is InChI=1S/C23H26BrNO5/c1-5-9-30-23(28)18-13(3)25-16-10-12(2)17(22(27)29-4)21(26)20(16)19(18)14-7-6-8-15(24)11-14/h6-8,11-12,17,19,25H,5,9-10H2,1-4H3/t12-,17-,19+/m1/s1. The predicted molar refractivity (Wildman–Crippen MR) is 115 cm³/mol. The van der Waals surface area contributed by atoms with Gasteiger partial charge in [-0.3, -0.25) is 9.59 Å². The Morgan fingerprint density at radius 1 is 1.30 bits per heavy atom. The lowest BCUT2D eigenvalue weighted by molar-refractivity contribution is -0.151. The van der Waals surface area contributed by atoms with Crippen molar-refractivity contribution in [3.8, 4) is 0 Å². The van der Waals surface area contributed by atoms with Crippen molar-refractivity contribution in [3.05, 3.63) is 56.8 Å². The third kappa shape index (κ3) is 4.08. The van der Waals surface area contributed by atoms with E-state index in [1.54, 1.807) is 0 Å². The number of dihydropyridines is 1. The first kappa shape index (κ1) is 22.3. The van der Waals surface area contributed by atoms with E-state index in [0.29, 0.717) is 36.3 Å². The highest BCUT2D eigenvalue weighted by molar-refractivity contribution is 9.10. The van der Waals surface area contributed by atoms with Crippen molar-refractivity contribution >= 4 is 33.7 Å². The summed E-state index contributed by atoms with van der Waals surface area (Å²) >= 11 is 3.48. The van der Waals surface area contributed by atoms with Crippen molar-refractivity contribution in [2.45, 2.75) is 39.5 Å². The van der Waals surface area contributed by atoms with Crippen molar-refractivity contribution in [1.82, 2.24) is 5.32 Å². The lowest BCUT2D eigenvalue weighted by Gasteiger charge is -2.38. The molecule has 3 atom stereocenters. The fraction of sp³-hybridized carbons (Fsp3) is 0.435. The minimum Gasteiger partial charge on any atom is -0.468 e. The maximum Gasteiger partial charge on any atom is 0.336 e. The Balaban J connectivity index is 2.16. The molecule has 1 aromatic carbocycles. The molecule has 0 fully saturated rings. The van der Waals surface area contributed by atoms with Crippen LogP contribution in [0.25, 0.3) is 0 Å². The van der Waals surface area contributed by atoms with Crippen LogP contribution in [0.5, 0.6) is 0 Å². The van der Waals surface area contributed by atoms with Gasteiger partial charge in [-0.2, -0.15) is 0 Å². The Morgan fingerprint density at radius 2 is 2.03 bits per heavy atom. The lowest BCUT2D eigenvalue weighted by Crippen LogP contribution is -2.43. The second-order valence-corrected chi connectivity index (χ2v) is 8.64. The molecule has 0 amide bonds. The first-order valence-corrected chi connectivity index (χ1v) is 10.8. The number of benzene rings is 1. The van der Waals surface area contributed by atoms with Gasteiger partial charge < -0.3 is 14.8 Å². The lowest BCUT2D eigenvalue weighted by atomic mass is 9.69. The zero-order valence-electron chi connectivity index (χ0n) is 17.6. The summed E-state index contributed by atoms with van der Waals surface area (Å²) in [4.78, 5) is 38.9. The molecule has 0 bridgehead atoms. The topological polar surface area (TPSA) is 81.7 Å². The average molecular weight is 476 g/mol. The van der Waals surface area contributed by atoms with Crippen LogP contribution >= 0.6 is 15.9 Å².